The Hall–Kier alpha value is -2.95. The highest BCUT2D eigenvalue weighted by Gasteiger charge is 2.25. The van der Waals surface area contributed by atoms with Crippen LogP contribution in [0.15, 0.2) is 54.6 Å². The van der Waals surface area contributed by atoms with Crippen molar-refractivity contribution in [3.05, 3.63) is 71.3 Å². The lowest BCUT2D eigenvalue weighted by molar-refractivity contribution is -0.129. The third-order valence-electron chi connectivity index (χ3n) is 4.78. The number of hydrogen-bond donors (Lipinski definition) is 1. The third-order valence-corrected chi connectivity index (χ3v) is 4.78. The molecule has 0 spiro atoms. The highest BCUT2D eigenvalue weighted by molar-refractivity contribution is 6.14. The minimum Gasteiger partial charge on any atom is -0.449 e. The second-order valence-corrected chi connectivity index (χ2v) is 6.78. The van der Waals surface area contributed by atoms with Gasteiger partial charge in [-0.3, -0.25) is 9.59 Å². The molecule has 1 atom stereocenters. The molecule has 1 aliphatic rings. The first kappa shape index (κ1) is 18.8. The summed E-state index contributed by atoms with van der Waals surface area (Å²) in [7, 11) is 0. The summed E-state index contributed by atoms with van der Waals surface area (Å²) in [5.41, 5.74) is 0.911. The zero-order chi connectivity index (χ0) is 19.2. The molecule has 1 N–H and O–H groups in total. The molecule has 27 heavy (non-hydrogen) atoms. The van der Waals surface area contributed by atoms with Gasteiger partial charge in [0.2, 0.25) is 0 Å². The van der Waals surface area contributed by atoms with Gasteiger partial charge in [0, 0.05) is 17.2 Å². The lowest BCUT2D eigenvalue weighted by Crippen LogP contribution is -2.41. The summed E-state index contributed by atoms with van der Waals surface area (Å²) >= 11 is 0. The quantitative estimate of drug-likeness (QED) is 0.628. The molecule has 0 radical (unpaired) electrons. The summed E-state index contributed by atoms with van der Waals surface area (Å²) in [5.74, 6) is -1.24. The molecule has 5 nitrogen and oxygen atoms in total. The molecular weight excluding hydrogens is 342 g/mol. The molecule has 2 aromatic carbocycles. The summed E-state index contributed by atoms with van der Waals surface area (Å²) in [5, 5.41) is 2.92. The number of benzene rings is 2. The predicted molar refractivity (Wildman–Crippen MR) is 102 cm³/mol. The van der Waals surface area contributed by atoms with Crippen molar-refractivity contribution < 1.29 is 19.1 Å². The van der Waals surface area contributed by atoms with Crippen LogP contribution in [0.25, 0.3) is 0 Å². The smallest absolute Gasteiger partial charge is 0.339 e. The van der Waals surface area contributed by atoms with E-state index in [2.05, 4.69) is 5.32 Å². The third kappa shape index (κ3) is 4.61. The Bertz CT molecular complexity index is 825. The Morgan fingerprint density at radius 3 is 2.19 bits per heavy atom. The molecule has 0 saturated heterocycles. The van der Waals surface area contributed by atoms with E-state index in [0.717, 1.165) is 25.7 Å². The number of hydrogen-bond acceptors (Lipinski definition) is 4. The first-order chi connectivity index (χ1) is 13.1. The van der Waals surface area contributed by atoms with Crippen molar-refractivity contribution in [2.45, 2.75) is 44.8 Å². The van der Waals surface area contributed by atoms with E-state index in [4.69, 9.17) is 4.74 Å². The first-order valence-corrected chi connectivity index (χ1v) is 9.26. The fraction of sp³-hybridized carbons (Fsp3) is 0.318. The number of ketones is 1. The number of ether oxygens (including phenoxy) is 1. The molecule has 1 amide bonds. The van der Waals surface area contributed by atoms with E-state index >= 15 is 0 Å². The van der Waals surface area contributed by atoms with Crippen molar-refractivity contribution >= 4 is 17.7 Å². The van der Waals surface area contributed by atoms with E-state index in [-0.39, 0.29) is 28.9 Å². The maximum absolute atomic E-state index is 12.7. The highest BCUT2D eigenvalue weighted by atomic mass is 16.5. The minimum atomic E-state index is -0.919. The number of carbonyl (C=O) groups excluding carboxylic acids is 3. The summed E-state index contributed by atoms with van der Waals surface area (Å²) in [6.45, 7) is 1.55. The zero-order valence-corrected chi connectivity index (χ0v) is 15.3. The molecule has 5 heteroatoms. The molecule has 0 heterocycles. The van der Waals surface area contributed by atoms with Crippen LogP contribution in [0.4, 0.5) is 0 Å². The normalized spacial score (nSPS) is 15.1. The van der Waals surface area contributed by atoms with Crippen molar-refractivity contribution in [1.82, 2.24) is 5.32 Å². The highest BCUT2D eigenvalue weighted by Crippen LogP contribution is 2.19. The summed E-state index contributed by atoms with van der Waals surface area (Å²) < 4.78 is 5.33. The Morgan fingerprint density at radius 1 is 0.926 bits per heavy atom. The minimum absolute atomic E-state index is 0.158. The summed E-state index contributed by atoms with van der Waals surface area (Å²) in [4.78, 5) is 37.6. The molecule has 2 aromatic rings. The standard InChI is InChI=1S/C22H23NO4/c1-15(21(25)23-17-11-5-6-12-17)27-22(26)19-14-8-7-13-18(19)20(24)16-9-3-2-4-10-16/h2-4,7-10,13-15,17H,5-6,11-12H2,1H3,(H,23,25)/t15-/m0/s1. The van der Waals surface area contributed by atoms with Crippen LogP contribution >= 0.6 is 0 Å². The van der Waals surface area contributed by atoms with Gasteiger partial charge in [-0.05, 0) is 25.8 Å². The SMILES string of the molecule is C[C@H](OC(=O)c1ccccc1C(=O)c1ccccc1)C(=O)NC1CCCC1. The van der Waals surface area contributed by atoms with Crippen LogP contribution in [0.5, 0.6) is 0 Å². The van der Waals surface area contributed by atoms with Gasteiger partial charge in [0.15, 0.2) is 11.9 Å². The Morgan fingerprint density at radius 2 is 1.52 bits per heavy atom. The Labute approximate surface area is 158 Å². The monoisotopic (exact) mass is 365 g/mol. The number of amides is 1. The fourth-order valence-electron chi connectivity index (χ4n) is 3.27. The van der Waals surface area contributed by atoms with Gasteiger partial charge in [-0.1, -0.05) is 61.4 Å². The number of nitrogens with one attached hydrogen (secondary N) is 1. The Balaban J connectivity index is 1.71. The lowest BCUT2D eigenvalue weighted by Gasteiger charge is -2.17. The second kappa shape index (κ2) is 8.62. The van der Waals surface area contributed by atoms with Crippen LogP contribution in [-0.4, -0.2) is 29.8 Å². The molecule has 0 aromatic heterocycles. The number of rotatable bonds is 6. The van der Waals surface area contributed by atoms with Crippen LogP contribution in [0, 0.1) is 0 Å². The molecule has 140 valence electrons. The predicted octanol–water partition coefficient (Wildman–Crippen LogP) is 3.52. The van der Waals surface area contributed by atoms with Gasteiger partial charge in [-0.15, -0.1) is 0 Å². The van der Waals surface area contributed by atoms with E-state index in [0.29, 0.717) is 5.56 Å². The van der Waals surface area contributed by atoms with E-state index in [1.165, 1.54) is 0 Å². The van der Waals surface area contributed by atoms with Gasteiger partial charge in [0.05, 0.1) is 5.56 Å². The van der Waals surface area contributed by atoms with Gasteiger partial charge >= 0.3 is 5.97 Å². The first-order valence-electron chi connectivity index (χ1n) is 9.26. The van der Waals surface area contributed by atoms with Crippen molar-refractivity contribution in [1.29, 1.82) is 0 Å². The van der Waals surface area contributed by atoms with Crippen LogP contribution in [0.2, 0.25) is 0 Å². The van der Waals surface area contributed by atoms with Crippen molar-refractivity contribution in [3.8, 4) is 0 Å². The van der Waals surface area contributed by atoms with E-state index < -0.39 is 12.1 Å². The second-order valence-electron chi connectivity index (χ2n) is 6.78. The topological polar surface area (TPSA) is 72.5 Å². The molecule has 1 saturated carbocycles. The van der Waals surface area contributed by atoms with Crippen LogP contribution in [0.3, 0.4) is 0 Å². The van der Waals surface area contributed by atoms with E-state index in [1.54, 1.807) is 55.5 Å². The number of carbonyl (C=O) groups is 3. The van der Waals surface area contributed by atoms with E-state index in [1.807, 2.05) is 6.07 Å². The van der Waals surface area contributed by atoms with Crippen molar-refractivity contribution in [2.75, 3.05) is 0 Å². The fourth-order valence-corrected chi connectivity index (χ4v) is 3.27. The Kier molecular flexibility index (Phi) is 6.01. The van der Waals surface area contributed by atoms with Crippen molar-refractivity contribution in [3.63, 3.8) is 0 Å². The lowest BCUT2D eigenvalue weighted by atomic mass is 9.98. The maximum atomic E-state index is 12.7. The molecule has 0 unspecified atom stereocenters. The number of esters is 1. The van der Waals surface area contributed by atoms with Crippen LogP contribution in [0.1, 0.15) is 58.9 Å². The zero-order valence-electron chi connectivity index (χ0n) is 15.3. The molecular formula is C22H23NO4. The largest absolute Gasteiger partial charge is 0.449 e. The summed E-state index contributed by atoms with van der Waals surface area (Å²) in [6, 6.07) is 15.4. The van der Waals surface area contributed by atoms with E-state index in [9.17, 15) is 14.4 Å². The van der Waals surface area contributed by atoms with Gasteiger partial charge in [-0.25, -0.2) is 4.79 Å². The van der Waals surface area contributed by atoms with Gasteiger partial charge < -0.3 is 10.1 Å². The van der Waals surface area contributed by atoms with Crippen LogP contribution < -0.4 is 5.32 Å². The maximum Gasteiger partial charge on any atom is 0.339 e. The van der Waals surface area contributed by atoms with Crippen LogP contribution in [-0.2, 0) is 9.53 Å². The van der Waals surface area contributed by atoms with Gasteiger partial charge in [0.1, 0.15) is 0 Å². The van der Waals surface area contributed by atoms with Gasteiger partial charge in [-0.2, -0.15) is 0 Å². The van der Waals surface area contributed by atoms with Crippen molar-refractivity contribution in [2.24, 2.45) is 0 Å². The summed E-state index contributed by atoms with van der Waals surface area (Å²) in [6.07, 6.45) is 3.21. The average Bonchev–Trinajstić information content (AvgIpc) is 3.21. The molecule has 0 aliphatic heterocycles. The molecule has 1 fully saturated rings. The molecule has 3 rings (SSSR count). The average molecular weight is 365 g/mol. The van der Waals surface area contributed by atoms with Gasteiger partial charge in [0.25, 0.3) is 5.91 Å². The molecule has 0 bridgehead atoms. The molecule has 1 aliphatic carbocycles.